The molecule has 4 heteroatoms. The second-order valence-electron chi connectivity index (χ2n) is 3.20. The first-order valence-corrected chi connectivity index (χ1v) is 4.30. The van der Waals surface area contributed by atoms with Crippen molar-refractivity contribution in [1.29, 1.82) is 0 Å². The van der Waals surface area contributed by atoms with Gasteiger partial charge >= 0.3 is 0 Å². The van der Waals surface area contributed by atoms with Gasteiger partial charge in [-0.3, -0.25) is 0 Å². The lowest BCUT2D eigenvalue weighted by molar-refractivity contribution is 0.736. The SMILES string of the molecule is CCC(C)c1ccc(N)cc1N.Cl.N. The summed E-state index contributed by atoms with van der Waals surface area (Å²) in [6, 6.07) is 5.73. The van der Waals surface area contributed by atoms with E-state index in [4.69, 9.17) is 11.5 Å². The molecule has 0 bridgehead atoms. The third-order valence-corrected chi connectivity index (χ3v) is 2.25. The fraction of sp³-hybridized carbons (Fsp3) is 0.400. The number of hydrogen-bond donors (Lipinski definition) is 3. The fourth-order valence-corrected chi connectivity index (χ4v) is 1.26. The van der Waals surface area contributed by atoms with Crippen LogP contribution in [0.15, 0.2) is 18.2 Å². The summed E-state index contributed by atoms with van der Waals surface area (Å²) in [5.74, 6) is 0.519. The van der Waals surface area contributed by atoms with E-state index >= 15 is 0 Å². The van der Waals surface area contributed by atoms with Gasteiger partial charge in [0.1, 0.15) is 0 Å². The van der Waals surface area contributed by atoms with Crippen molar-refractivity contribution < 1.29 is 0 Å². The molecular weight excluding hydrogens is 198 g/mol. The molecule has 1 rings (SSSR count). The van der Waals surface area contributed by atoms with E-state index < -0.39 is 0 Å². The van der Waals surface area contributed by atoms with Gasteiger partial charge in [0.15, 0.2) is 0 Å². The molecule has 0 aliphatic heterocycles. The van der Waals surface area contributed by atoms with Crippen molar-refractivity contribution in [1.82, 2.24) is 6.15 Å². The minimum atomic E-state index is 0. The highest BCUT2D eigenvalue weighted by atomic mass is 35.5. The van der Waals surface area contributed by atoms with Crippen LogP contribution in [0.1, 0.15) is 31.7 Å². The molecule has 82 valence electrons. The van der Waals surface area contributed by atoms with Crippen molar-refractivity contribution in [3.8, 4) is 0 Å². The number of halogens is 1. The molecule has 7 N–H and O–H groups in total. The molecule has 0 heterocycles. The van der Waals surface area contributed by atoms with Gasteiger partial charge in [-0.25, -0.2) is 0 Å². The highest BCUT2D eigenvalue weighted by Crippen LogP contribution is 2.25. The highest BCUT2D eigenvalue weighted by molar-refractivity contribution is 5.85. The lowest BCUT2D eigenvalue weighted by atomic mass is 9.97. The molecule has 1 unspecified atom stereocenters. The van der Waals surface area contributed by atoms with E-state index in [1.54, 1.807) is 0 Å². The Morgan fingerprint density at radius 3 is 2.29 bits per heavy atom. The van der Waals surface area contributed by atoms with Crippen LogP contribution >= 0.6 is 12.4 Å². The number of anilines is 2. The normalized spacial score (nSPS) is 11.0. The summed E-state index contributed by atoms with van der Waals surface area (Å²) in [5.41, 5.74) is 14.2. The van der Waals surface area contributed by atoms with Crippen molar-refractivity contribution in [2.75, 3.05) is 11.5 Å². The van der Waals surface area contributed by atoms with Gasteiger partial charge in [0, 0.05) is 11.4 Å². The van der Waals surface area contributed by atoms with Crippen molar-refractivity contribution in [3.05, 3.63) is 23.8 Å². The third kappa shape index (κ3) is 3.44. The van der Waals surface area contributed by atoms with E-state index in [1.807, 2.05) is 18.2 Å². The predicted octanol–water partition coefficient (Wildman–Crippen LogP) is 2.95. The Balaban J connectivity index is 0. The molecule has 0 amide bonds. The van der Waals surface area contributed by atoms with Crippen LogP contribution in [0.5, 0.6) is 0 Å². The first kappa shape index (κ1) is 15.5. The summed E-state index contributed by atoms with van der Waals surface area (Å²) in [6.45, 7) is 4.32. The number of hydrogen-bond acceptors (Lipinski definition) is 3. The number of benzene rings is 1. The highest BCUT2D eigenvalue weighted by Gasteiger charge is 2.05. The standard InChI is InChI=1S/C10H16N2.ClH.H3N/c1-3-7(2)9-5-4-8(11)6-10(9)12;;/h4-7H,3,11-12H2,1-2H3;1H;1H3. The molecule has 1 atom stereocenters. The first-order chi connectivity index (χ1) is 5.65. The predicted molar refractivity (Wildman–Crippen MR) is 66.2 cm³/mol. The Morgan fingerprint density at radius 1 is 1.29 bits per heavy atom. The maximum atomic E-state index is 5.82. The lowest BCUT2D eigenvalue weighted by Gasteiger charge is -2.12. The molecule has 0 radical (unpaired) electrons. The average Bonchev–Trinajstić information content (AvgIpc) is 2.03. The van der Waals surface area contributed by atoms with Crippen molar-refractivity contribution in [2.24, 2.45) is 0 Å². The molecule has 1 aromatic carbocycles. The molecule has 0 aliphatic carbocycles. The maximum absolute atomic E-state index is 5.82. The van der Waals surface area contributed by atoms with E-state index in [1.165, 1.54) is 5.56 Å². The molecule has 0 saturated carbocycles. The van der Waals surface area contributed by atoms with Gasteiger partial charge in [0.2, 0.25) is 0 Å². The van der Waals surface area contributed by atoms with Gasteiger partial charge < -0.3 is 17.6 Å². The van der Waals surface area contributed by atoms with Crippen molar-refractivity contribution in [2.45, 2.75) is 26.2 Å². The van der Waals surface area contributed by atoms with E-state index in [0.717, 1.165) is 17.8 Å². The quantitative estimate of drug-likeness (QED) is 0.666. The molecule has 0 aromatic heterocycles. The van der Waals surface area contributed by atoms with Crippen LogP contribution < -0.4 is 17.6 Å². The molecule has 0 fully saturated rings. The fourth-order valence-electron chi connectivity index (χ4n) is 1.26. The van der Waals surface area contributed by atoms with Gasteiger partial charge in [-0.2, -0.15) is 0 Å². The molecule has 0 spiro atoms. The summed E-state index contributed by atoms with van der Waals surface area (Å²) in [6.07, 6.45) is 1.11. The van der Waals surface area contributed by atoms with E-state index in [2.05, 4.69) is 13.8 Å². The molecule has 0 aliphatic rings. The van der Waals surface area contributed by atoms with E-state index in [9.17, 15) is 0 Å². The minimum Gasteiger partial charge on any atom is -0.399 e. The first-order valence-electron chi connectivity index (χ1n) is 4.30. The summed E-state index contributed by atoms with van der Waals surface area (Å²) in [4.78, 5) is 0. The van der Waals surface area contributed by atoms with Crippen LogP contribution in [-0.4, -0.2) is 0 Å². The summed E-state index contributed by atoms with van der Waals surface area (Å²) in [7, 11) is 0. The van der Waals surface area contributed by atoms with E-state index in [0.29, 0.717) is 5.92 Å². The largest absolute Gasteiger partial charge is 0.399 e. The number of nitrogen functional groups attached to an aromatic ring is 2. The smallest absolute Gasteiger partial charge is 0.0369 e. The Hall–Kier alpha value is -0.930. The van der Waals surface area contributed by atoms with Crippen LogP contribution in [0.4, 0.5) is 11.4 Å². The number of rotatable bonds is 2. The van der Waals surface area contributed by atoms with Gasteiger partial charge in [0.05, 0.1) is 0 Å². The Labute approximate surface area is 91.9 Å². The van der Waals surface area contributed by atoms with Crippen molar-refractivity contribution >= 4 is 23.8 Å². The van der Waals surface area contributed by atoms with Crippen LogP contribution in [-0.2, 0) is 0 Å². The zero-order valence-electron chi connectivity index (χ0n) is 8.79. The zero-order chi connectivity index (χ0) is 9.14. The topological polar surface area (TPSA) is 87.0 Å². The second kappa shape index (κ2) is 6.51. The van der Waals surface area contributed by atoms with Crippen LogP contribution in [0.3, 0.4) is 0 Å². The zero-order valence-corrected chi connectivity index (χ0v) is 9.60. The minimum absolute atomic E-state index is 0. The molecular formula is C10H20ClN3. The lowest BCUT2D eigenvalue weighted by Crippen LogP contribution is -1.99. The maximum Gasteiger partial charge on any atom is 0.0369 e. The summed E-state index contributed by atoms with van der Waals surface area (Å²) in [5, 5.41) is 0. The van der Waals surface area contributed by atoms with Crippen molar-refractivity contribution in [3.63, 3.8) is 0 Å². The van der Waals surface area contributed by atoms with Crippen LogP contribution in [0.25, 0.3) is 0 Å². The molecule has 3 nitrogen and oxygen atoms in total. The molecule has 0 saturated heterocycles. The van der Waals surface area contributed by atoms with Crippen LogP contribution in [0, 0.1) is 0 Å². The Morgan fingerprint density at radius 2 is 1.86 bits per heavy atom. The molecule has 14 heavy (non-hydrogen) atoms. The van der Waals surface area contributed by atoms with E-state index in [-0.39, 0.29) is 18.6 Å². The van der Waals surface area contributed by atoms with Gasteiger partial charge in [0.25, 0.3) is 0 Å². The van der Waals surface area contributed by atoms with Gasteiger partial charge in [-0.05, 0) is 30.0 Å². The molecule has 1 aromatic rings. The summed E-state index contributed by atoms with van der Waals surface area (Å²) >= 11 is 0. The van der Waals surface area contributed by atoms with Gasteiger partial charge in [-0.1, -0.05) is 19.9 Å². The Kier molecular flexibility index (Phi) is 7.23. The number of nitrogens with two attached hydrogens (primary N) is 2. The second-order valence-corrected chi connectivity index (χ2v) is 3.20. The Bertz CT molecular complexity index is 276. The monoisotopic (exact) mass is 217 g/mol. The average molecular weight is 218 g/mol. The van der Waals surface area contributed by atoms with Gasteiger partial charge in [-0.15, -0.1) is 12.4 Å². The summed E-state index contributed by atoms with van der Waals surface area (Å²) < 4.78 is 0. The van der Waals surface area contributed by atoms with Crippen LogP contribution in [0.2, 0.25) is 0 Å². The third-order valence-electron chi connectivity index (χ3n) is 2.25.